The number of nitrogens with one attached hydrogen (secondary N) is 2. The smallest absolute Gasteiger partial charge is 0.435 e. The molecule has 1 aromatic heterocycles. The molecule has 0 fully saturated rings. The van der Waals surface area contributed by atoms with E-state index in [0.29, 0.717) is 0 Å². The Balaban J connectivity index is 2.02. The van der Waals surface area contributed by atoms with Crippen LogP contribution in [-0.4, -0.2) is 51.9 Å². The summed E-state index contributed by atoms with van der Waals surface area (Å²) in [6.45, 7) is 1.14. The van der Waals surface area contributed by atoms with Crippen LogP contribution in [0, 0.1) is 18.3 Å². The predicted octanol–water partition coefficient (Wildman–Crippen LogP) is 3.65. The van der Waals surface area contributed by atoms with E-state index in [2.05, 4.69) is 20.2 Å². The molecule has 0 radical (unpaired) electrons. The molecule has 0 saturated heterocycles. The maximum Gasteiger partial charge on any atom is 0.435 e. The molecule has 11 nitrogen and oxygen atoms in total. The van der Waals surface area contributed by atoms with Gasteiger partial charge in [0.05, 0.1) is 30.2 Å². The zero-order valence-corrected chi connectivity index (χ0v) is 21.6. The van der Waals surface area contributed by atoms with Crippen molar-refractivity contribution in [1.82, 2.24) is 14.9 Å². The van der Waals surface area contributed by atoms with E-state index in [9.17, 15) is 26.4 Å². The van der Waals surface area contributed by atoms with Crippen molar-refractivity contribution in [3.8, 4) is 23.4 Å². The number of carbonyl (C=O) groups excluding carboxylic acids is 1. The SMILES string of the molecule is COCCNS(=O)(=O)c1cccc(NC(=O)c2c(Oc3ccc(C#N)cc3OC)nnc(C(F)(F)F)c2C)c1. The Morgan fingerprint density at radius 1 is 1.10 bits per heavy atom. The zero-order chi connectivity index (χ0) is 28.8. The lowest BCUT2D eigenvalue weighted by Gasteiger charge is -2.17. The number of benzene rings is 2. The molecule has 39 heavy (non-hydrogen) atoms. The summed E-state index contributed by atoms with van der Waals surface area (Å²) in [7, 11) is -1.28. The minimum Gasteiger partial charge on any atom is -0.493 e. The number of anilines is 1. The number of hydrogen-bond donors (Lipinski definition) is 2. The van der Waals surface area contributed by atoms with E-state index >= 15 is 0 Å². The third-order valence-corrected chi connectivity index (χ3v) is 6.64. The van der Waals surface area contributed by atoms with E-state index in [-0.39, 0.29) is 40.8 Å². The van der Waals surface area contributed by atoms with Crippen molar-refractivity contribution in [2.75, 3.05) is 32.7 Å². The van der Waals surface area contributed by atoms with Crippen molar-refractivity contribution in [2.45, 2.75) is 18.0 Å². The van der Waals surface area contributed by atoms with Crippen LogP contribution in [0.3, 0.4) is 0 Å². The average Bonchev–Trinajstić information content (AvgIpc) is 2.88. The molecular formula is C24H22F3N5O6S. The van der Waals surface area contributed by atoms with Crippen LogP contribution in [-0.2, 0) is 20.9 Å². The number of alkyl halides is 3. The van der Waals surface area contributed by atoms with Crippen LogP contribution in [0.2, 0.25) is 0 Å². The second-order valence-corrected chi connectivity index (χ2v) is 9.57. The van der Waals surface area contributed by atoms with Crippen molar-refractivity contribution < 1.29 is 40.6 Å². The molecule has 0 aliphatic carbocycles. The lowest BCUT2D eigenvalue weighted by Crippen LogP contribution is -2.27. The van der Waals surface area contributed by atoms with Crippen molar-refractivity contribution in [2.24, 2.45) is 0 Å². The molecule has 0 atom stereocenters. The normalized spacial score (nSPS) is 11.5. The topological polar surface area (TPSA) is 153 Å². The van der Waals surface area contributed by atoms with Crippen molar-refractivity contribution in [3.63, 3.8) is 0 Å². The fourth-order valence-electron chi connectivity index (χ4n) is 3.33. The monoisotopic (exact) mass is 565 g/mol. The highest BCUT2D eigenvalue weighted by Gasteiger charge is 2.38. The number of hydrogen-bond acceptors (Lipinski definition) is 9. The summed E-state index contributed by atoms with van der Waals surface area (Å²) in [5.41, 5.74) is -2.40. The van der Waals surface area contributed by atoms with Crippen LogP contribution >= 0.6 is 0 Å². The first-order valence-corrected chi connectivity index (χ1v) is 12.5. The number of nitriles is 1. The molecule has 2 N–H and O–H groups in total. The highest BCUT2D eigenvalue weighted by Crippen LogP contribution is 2.37. The van der Waals surface area contributed by atoms with Gasteiger partial charge in [-0.05, 0) is 42.8 Å². The van der Waals surface area contributed by atoms with E-state index in [1.54, 1.807) is 0 Å². The molecule has 0 unspecified atom stereocenters. The van der Waals surface area contributed by atoms with Gasteiger partial charge in [0.15, 0.2) is 17.2 Å². The molecule has 0 bridgehead atoms. The minimum atomic E-state index is -4.93. The molecule has 0 spiro atoms. The second-order valence-electron chi connectivity index (χ2n) is 7.80. The highest BCUT2D eigenvalue weighted by molar-refractivity contribution is 7.89. The molecule has 0 saturated carbocycles. The highest BCUT2D eigenvalue weighted by atomic mass is 32.2. The first kappa shape index (κ1) is 29.3. The molecule has 2 aromatic carbocycles. The van der Waals surface area contributed by atoms with Gasteiger partial charge >= 0.3 is 6.18 Å². The van der Waals surface area contributed by atoms with Crippen LogP contribution in [0.4, 0.5) is 18.9 Å². The summed E-state index contributed by atoms with van der Waals surface area (Å²) in [5, 5.41) is 18.2. The molecule has 3 rings (SSSR count). The summed E-state index contributed by atoms with van der Waals surface area (Å²) in [5.74, 6) is -1.64. The van der Waals surface area contributed by atoms with Crippen LogP contribution in [0.5, 0.6) is 17.4 Å². The summed E-state index contributed by atoms with van der Waals surface area (Å²) in [4.78, 5) is 13.1. The Morgan fingerprint density at radius 2 is 1.85 bits per heavy atom. The number of sulfonamides is 1. The number of ether oxygens (including phenoxy) is 3. The number of rotatable bonds is 10. The van der Waals surface area contributed by atoms with Gasteiger partial charge in [0.2, 0.25) is 10.0 Å². The maximum atomic E-state index is 13.6. The van der Waals surface area contributed by atoms with Gasteiger partial charge in [0.25, 0.3) is 11.8 Å². The van der Waals surface area contributed by atoms with Gasteiger partial charge in [-0.3, -0.25) is 4.79 Å². The van der Waals surface area contributed by atoms with Crippen molar-refractivity contribution in [3.05, 3.63) is 64.8 Å². The van der Waals surface area contributed by atoms with E-state index in [1.807, 2.05) is 6.07 Å². The fourth-order valence-corrected chi connectivity index (χ4v) is 4.39. The third kappa shape index (κ3) is 6.99. The van der Waals surface area contributed by atoms with Gasteiger partial charge in [-0.15, -0.1) is 10.2 Å². The van der Waals surface area contributed by atoms with Gasteiger partial charge in [-0.25, -0.2) is 13.1 Å². The number of carbonyl (C=O) groups is 1. The van der Waals surface area contributed by atoms with Crippen molar-refractivity contribution in [1.29, 1.82) is 5.26 Å². The fraction of sp³-hybridized carbons (Fsp3) is 0.250. The van der Waals surface area contributed by atoms with Gasteiger partial charge in [-0.1, -0.05) is 6.07 Å². The van der Waals surface area contributed by atoms with Gasteiger partial charge in [0.1, 0.15) is 5.56 Å². The van der Waals surface area contributed by atoms with Crippen LogP contribution in [0.25, 0.3) is 0 Å². The lowest BCUT2D eigenvalue weighted by molar-refractivity contribution is -0.142. The Morgan fingerprint density at radius 3 is 2.49 bits per heavy atom. The van der Waals surface area contributed by atoms with E-state index in [1.165, 1.54) is 50.6 Å². The number of amides is 1. The first-order chi connectivity index (χ1) is 18.4. The molecule has 1 heterocycles. The van der Waals surface area contributed by atoms with E-state index in [4.69, 9.17) is 19.5 Å². The molecular weight excluding hydrogens is 543 g/mol. The lowest BCUT2D eigenvalue weighted by atomic mass is 10.1. The first-order valence-electron chi connectivity index (χ1n) is 11.0. The van der Waals surface area contributed by atoms with Crippen LogP contribution < -0.4 is 19.5 Å². The molecule has 206 valence electrons. The third-order valence-electron chi connectivity index (χ3n) is 5.18. The summed E-state index contributed by atoms with van der Waals surface area (Å²) in [6.07, 6.45) is -4.93. The maximum absolute atomic E-state index is 13.6. The number of halogens is 3. The standard InChI is InChI=1S/C24H22F3N5O6S/c1-14-20(22(33)30-16-5-4-6-17(12-16)39(34,35)29-9-10-36-2)23(32-31-21(14)24(25,26)27)38-18-8-7-15(13-28)11-19(18)37-3/h4-8,11-12,29H,9-10H2,1-3H3,(H,30,33). The summed E-state index contributed by atoms with van der Waals surface area (Å²) >= 11 is 0. The number of aromatic nitrogens is 2. The van der Waals surface area contributed by atoms with E-state index in [0.717, 1.165) is 13.0 Å². The Bertz CT molecular complexity index is 1520. The van der Waals surface area contributed by atoms with Gasteiger partial charge in [-0.2, -0.15) is 18.4 Å². The average molecular weight is 566 g/mol. The molecule has 1 amide bonds. The Hall–Kier alpha value is -4.26. The van der Waals surface area contributed by atoms with Crippen LogP contribution in [0.15, 0.2) is 47.4 Å². The largest absolute Gasteiger partial charge is 0.493 e. The quantitative estimate of drug-likeness (QED) is 0.351. The van der Waals surface area contributed by atoms with Crippen LogP contribution in [0.1, 0.15) is 27.2 Å². The number of methoxy groups -OCH3 is 2. The van der Waals surface area contributed by atoms with Gasteiger partial charge < -0.3 is 19.5 Å². The van der Waals surface area contributed by atoms with Gasteiger partial charge in [0, 0.05) is 25.4 Å². The van der Waals surface area contributed by atoms with Crippen molar-refractivity contribution >= 4 is 21.6 Å². The minimum absolute atomic E-state index is 0.00295. The molecule has 15 heteroatoms. The summed E-state index contributed by atoms with van der Waals surface area (Å²) < 4.78 is 83.7. The molecule has 0 aliphatic rings. The summed E-state index contributed by atoms with van der Waals surface area (Å²) in [6, 6.07) is 11.0. The number of nitrogens with zero attached hydrogens (tertiary/aromatic N) is 3. The predicted molar refractivity (Wildman–Crippen MR) is 131 cm³/mol. The van der Waals surface area contributed by atoms with E-state index < -0.39 is 44.8 Å². The Kier molecular flexibility index (Phi) is 9.07. The Labute approximate surface area is 221 Å². The molecule has 0 aliphatic heterocycles. The second kappa shape index (κ2) is 12.1. The zero-order valence-electron chi connectivity index (χ0n) is 20.8. The molecule has 3 aromatic rings.